The first-order chi connectivity index (χ1) is 8.29. The summed E-state index contributed by atoms with van der Waals surface area (Å²) < 4.78 is 5.14. The normalized spacial score (nSPS) is 15.8. The maximum atomic E-state index is 10.3. The van der Waals surface area contributed by atoms with Crippen LogP contribution < -0.4 is 0 Å². The maximum Gasteiger partial charge on any atom is 0.303 e. The number of hydrogen-bond donors (Lipinski definition) is 1. The predicted molar refractivity (Wildman–Crippen MR) is 68.1 cm³/mol. The molecule has 0 atom stereocenters. The van der Waals surface area contributed by atoms with Crippen LogP contribution in [0.4, 0.5) is 0 Å². The lowest BCUT2D eigenvalue weighted by Crippen LogP contribution is -2.27. The van der Waals surface area contributed by atoms with Gasteiger partial charge in [0.15, 0.2) is 0 Å². The molecule has 0 aliphatic carbocycles. The van der Waals surface area contributed by atoms with Crippen LogP contribution in [0.2, 0.25) is 0 Å². The van der Waals surface area contributed by atoms with E-state index in [1.54, 1.807) is 0 Å². The molecule has 0 radical (unpaired) electrons. The van der Waals surface area contributed by atoms with Gasteiger partial charge < -0.3 is 9.84 Å². The lowest BCUT2D eigenvalue weighted by molar-refractivity contribution is -0.137. The van der Waals surface area contributed by atoms with Gasteiger partial charge >= 0.3 is 5.97 Å². The number of rotatable bonds is 11. The molecule has 0 amide bonds. The highest BCUT2D eigenvalue weighted by Crippen LogP contribution is 2.18. The van der Waals surface area contributed by atoms with Gasteiger partial charge in [-0.2, -0.15) is 0 Å². The number of carboxylic acids is 1. The molecule has 17 heavy (non-hydrogen) atoms. The van der Waals surface area contributed by atoms with E-state index in [0.717, 1.165) is 32.0 Å². The van der Waals surface area contributed by atoms with Gasteiger partial charge in [0, 0.05) is 12.3 Å². The summed E-state index contributed by atoms with van der Waals surface area (Å²) in [6, 6.07) is 0. The van der Waals surface area contributed by atoms with Crippen molar-refractivity contribution in [3.63, 3.8) is 0 Å². The van der Waals surface area contributed by atoms with Gasteiger partial charge in [0.1, 0.15) is 0 Å². The van der Waals surface area contributed by atoms with E-state index >= 15 is 0 Å². The molecule has 0 unspecified atom stereocenters. The molecular weight excluding hydrogens is 216 g/mol. The minimum absolute atomic E-state index is 0.337. The summed E-state index contributed by atoms with van der Waals surface area (Å²) in [6.45, 7) is 1.98. The quantitative estimate of drug-likeness (QED) is 0.563. The van der Waals surface area contributed by atoms with Crippen molar-refractivity contribution in [3.8, 4) is 0 Å². The Labute approximate surface area is 105 Å². The molecule has 1 heterocycles. The van der Waals surface area contributed by atoms with E-state index in [1.807, 2.05) is 0 Å². The molecule has 3 nitrogen and oxygen atoms in total. The van der Waals surface area contributed by atoms with Crippen molar-refractivity contribution in [2.75, 3.05) is 13.2 Å². The smallest absolute Gasteiger partial charge is 0.303 e. The Morgan fingerprint density at radius 2 is 1.47 bits per heavy atom. The van der Waals surface area contributed by atoms with Gasteiger partial charge in [-0.25, -0.2) is 0 Å². The molecule has 0 aromatic heterocycles. The van der Waals surface area contributed by atoms with Crippen LogP contribution in [0.3, 0.4) is 0 Å². The molecule has 0 aromatic carbocycles. The summed E-state index contributed by atoms with van der Waals surface area (Å²) >= 11 is 0. The SMILES string of the molecule is O=C(O)CCCCCCCCCCC1COC1. The van der Waals surface area contributed by atoms with Crippen LogP contribution in [0, 0.1) is 5.92 Å². The van der Waals surface area contributed by atoms with Crippen LogP contribution in [0.5, 0.6) is 0 Å². The molecule has 1 rings (SSSR count). The molecule has 1 aliphatic heterocycles. The summed E-state index contributed by atoms with van der Waals surface area (Å²) in [6.07, 6.45) is 11.4. The van der Waals surface area contributed by atoms with Crippen LogP contribution in [-0.2, 0) is 9.53 Å². The number of ether oxygens (including phenoxy) is 1. The first-order valence-electron chi connectivity index (χ1n) is 7.08. The van der Waals surface area contributed by atoms with E-state index in [9.17, 15) is 4.79 Å². The highest BCUT2D eigenvalue weighted by Gasteiger charge is 2.16. The predicted octanol–water partition coefficient (Wildman–Crippen LogP) is 3.62. The van der Waals surface area contributed by atoms with Crippen LogP contribution in [0.1, 0.15) is 64.2 Å². The number of carboxylic acid groups (broad SMARTS) is 1. The van der Waals surface area contributed by atoms with Gasteiger partial charge in [0.25, 0.3) is 0 Å². The number of aliphatic carboxylic acids is 1. The Kier molecular flexibility index (Phi) is 8.06. The third kappa shape index (κ3) is 8.19. The summed E-state index contributed by atoms with van der Waals surface area (Å²) in [7, 11) is 0. The molecule has 0 spiro atoms. The van der Waals surface area contributed by atoms with Gasteiger partial charge in [-0.1, -0.05) is 44.9 Å². The van der Waals surface area contributed by atoms with Gasteiger partial charge in [-0.3, -0.25) is 4.79 Å². The second-order valence-electron chi connectivity index (χ2n) is 5.16. The van der Waals surface area contributed by atoms with Crippen LogP contribution in [0.25, 0.3) is 0 Å². The monoisotopic (exact) mass is 242 g/mol. The van der Waals surface area contributed by atoms with E-state index < -0.39 is 5.97 Å². The van der Waals surface area contributed by atoms with Crippen molar-refractivity contribution in [2.24, 2.45) is 5.92 Å². The lowest BCUT2D eigenvalue weighted by atomic mass is 9.99. The van der Waals surface area contributed by atoms with Crippen LogP contribution in [0.15, 0.2) is 0 Å². The fraction of sp³-hybridized carbons (Fsp3) is 0.929. The average molecular weight is 242 g/mol. The number of unbranched alkanes of at least 4 members (excludes halogenated alkanes) is 7. The Hall–Kier alpha value is -0.570. The Balaban J connectivity index is 1.68. The highest BCUT2D eigenvalue weighted by atomic mass is 16.5. The second-order valence-corrected chi connectivity index (χ2v) is 5.16. The third-order valence-electron chi connectivity index (χ3n) is 3.46. The molecule has 3 heteroatoms. The van der Waals surface area contributed by atoms with Gasteiger partial charge in [0.05, 0.1) is 13.2 Å². The molecule has 0 saturated carbocycles. The zero-order valence-corrected chi connectivity index (χ0v) is 10.8. The molecule has 0 bridgehead atoms. The van der Waals surface area contributed by atoms with E-state index in [-0.39, 0.29) is 0 Å². The van der Waals surface area contributed by atoms with Crippen molar-refractivity contribution in [1.82, 2.24) is 0 Å². The Bertz CT molecular complexity index is 200. The Morgan fingerprint density at radius 3 is 1.94 bits per heavy atom. The summed E-state index contributed by atoms with van der Waals surface area (Å²) in [5.41, 5.74) is 0. The topological polar surface area (TPSA) is 46.5 Å². The molecule has 0 aromatic rings. The lowest BCUT2D eigenvalue weighted by Gasteiger charge is -2.25. The van der Waals surface area contributed by atoms with Crippen molar-refractivity contribution in [1.29, 1.82) is 0 Å². The fourth-order valence-corrected chi connectivity index (χ4v) is 2.22. The zero-order chi connectivity index (χ0) is 12.3. The minimum atomic E-state index is -0.662. The molecule has 1 saturated heterocycles. The summed E-state index contributed by atoms with van der Waals surface area (Å²) in [5, 5.41) is 8.47. The van der Waals surface area contributed by atoms with Crippen LogP contribution >= 0.6 is 0 Å². The Morgan fingerprint density at radius 1 is 0.941 bits per heavy atom. The standard InChI is InChI=1S/C14H26O3/c15-14(16)10-8-6-4-2-1-3-5-7-9-13-11-17-12-13/h13H,1-12H2,(H,15,16). The average Bonchev–Trinajstić information content (AvgIpc) is 2.23. The first-order valence-corrected chi connectivity index (χ1v) is 7.08. The zero-order valence-electron chi connectivity index (χ0n) is 10.8. The van der Waals surface area contributed by atoms with Crippen LogP contribution in [-0.4, -0.2) is 24.3 Å². The molecule has 1 N–H and O–H groups in total. The van der Waals surface area contributed by atoms with Crippen molar-refractivity contribution in [2.45, 2.75) is 64.2 Å². The van der Waals surface area contributed by atoms with Crippen molar-refractivity contribution >= 4 is 5.97 Å². The minimum Gasteiger partial charge on any atom is -0.481 e. The van der Waals surface area contributed by atoms with E-state index in [2.05, 4.69) is 0 Å². The second kappa shape index (κ2) is 9.46. The maximum absolute atomic E-state index is 10.3. The molecule has 1 aliphatic rings. The van der Waals surface area contributed by atoms with Crippen molar-refractivity contribution in [3.05, 3.63) is 0 Å². The fourth-order valence-electron chi connectivity index (χ4n) is 2.22. The first kappa shape index (κ1) is 14.5. The largest absolute Gasteiger partial charge is 0.481 e. The van der Waals surface area contributed by atoms with E-state index in [4.69, 9.17) is 9.84 Å². The summed E-state index contributed by atoms with van der Waals surface area (Å²) in [5.74, 6) is 0.191. The highest BCUT2D eigenvalue weighted by molar-refractivity contribution is 5.66. The van der Waals surface area contributed by atoms with Crippen molar-refractivity contribution < 1.29 is 14.6 Å². The van der Waals surface area contributed by atoms with Gasteiger partial charge in [0.2, 0.25) is 0 Å². The van der Waals surface area contributed by atoms with Gasteiger partial charge in [-0.15, -0.1) is 0 Å². The third-order valence-corrected chi connectivity index (χ3v) is 3.46. The van der Waals surface area contributed by atoms with E-state index in [1.165, 1.54) is 44.9 Å². The molecule has 1 fully saturated rings. The van der Waals surface area contributed by atoms with E-state index in [0.29, 0.717) is 6.42 Å². The molecule has 100 valence electrons. The number of carbonyl (C=O) groups is 1. The number of hydrogen-bond acceptors (Lipinski definition) is 2. The van der Waals surface area contributed by atoms with Gasteiger partial charge in [-0.05, 0) is 12.8 Å². The summed E-state index contributed by atoms with van der Waals surface area (Å²) in [4.78, 5) is 10.3. The molecular formula is C14H26O3.